The summed E-state index contributed by atoms with van der Waals surface area (Å²) in [6.07, 6.45) is 6.40. The molecule has 1 heterocycles. The standard InChI is InChI=1S/C27H29N2O3PSe/c1-3-21(2)30-18-33(34)19-31-26-14-8-4-10-22(26)16-28-24-12-6-7-13-25(24)29-17-23-11-5-9-15-27(23)32-20-33/h4-17,21H,3,18-20H2,1-2H3. The Morgan fingerprint density at radius 2 is 1.29 bits per heavy atom. The van der Waals surface area contributed by atoms with Crippen LogP contribution in [0.1, 0.15) is 31.4 Å². The topological polar surface area (TPSA) is 52.4 Å². The summed E-state index contributed by atoms with van der Waals surface area (Å²) in [7, 11) is 0. The van der Waals surface area contributed by atoms with E-state index in [1.165, 1.54) is 0 Å². The summed E-state index contributed by atoms with van der Waals surface area (Å²) in [6, 6.07) is 23.7. The normalized spacial score (nSPS) is 18.8. The molecule has 0 aliphatic carbocycles. The van der Waals surface area contributed by atoms with Crippen molar-refractivity contribution in [2.75, 3.05) is 19.0 Å². The zero-order valence-corrected chi connectivity index (χ0v) is 22.1. The van der Waals surface area contributed by atoms with Gasteiger partial charge in [-0.1, -0.05) is 0 Å². The number of hydrogen-bond acceptors (Lipinski definition) is 5. The molecule has 4 rings (SSSR count). The van der Waals surface area contributed by atoms with Crippen molar-refractivity contribution in [2.24, 2.45) is 9.98 Å². The molecule has 0 amide bonds. The molecule has 0 radical (unpaired) electrons. The Bertz CT molecular complexity index is 1140. The molecule has 0 spiro atoms. The van der Waals surface area contributed by atoms with Crippen molar-refractivity contribution in [1.82, 2.24) is 0 Å². The Hall–Kier alpha value is -2.49. The van der Waals surface area contributed by atoms with Gasteiger partial charge in [0.25, 0.3) is 0 Å². The number of para-hydroxylation sites is 4. The van der Waals surface area contributed by atoms with Crippen molar-refractivity contribution >= 4 is 44.4 Å². The molecule has 176 valence electrons. The quantitative estimate of drug-likeness (QED) is 0.272. The molecule has 0 fully saturated rings. The van der Waals surface area contributed by atoms with Crippen molar-refractivity contribution in [3.8, 4) is 11.5 Å². The minimum absolute atomic E-state index is 0.180. The van der Waals surface area contributed by atoms with Gasteiger partial charge in [0.15, 0.2) is 0 Å². The van der Waals surface area contributed by atoms with Crippen LogP contribution in [-0.4, -0.2) is 52.7 Å². The number of nitrogens with zero attached hydrogens (tertiary/aromatic N) is 2. The van der Waals surface area contributed by atoms with E-state index in [1.54, 1.807) is 0 Å². The number of benzene rings is 3. The number of ether oxygens (including phenoxy) is 3. The molecular weight excluding hydrogens is 510 g/mol. The van der Waals surface area contributed by atoms with Crippen LogP contribution in [0.25, 0.3) is 0 Å². The SMILES string of the molecule is CCC(C)OCP1(=[Se])COc2ccccc2C=Nc2ccccc2N=Cc2ccccc2OC1. The van der Waals surface area contributed by atoms with Crippen LogP contribution >= 0.6 is 5.51 Å². The van der Waals surface area contributed by atoms with Crippen LogP contribution < -0.4 is 9.47 Å². The Labute approximate surface area is 209 Å². The summed E-state index contributed by atoms with van der Waals surface area (Å²) >= 11 is 3.41. The Kier molecular flexibility index (Phi) is 8.53. The third-order valence-electron chi connectivity index (χ3n) is 5.49. The predicted molar refractivity (Wildman–Crippen MR) is 143 cm³/mol. The Morgan fingerprint density at radius 3 is 1.79 bits per heavy atom. The van der Waals surface area contributed by atoms with Crippen molar-refractivity contribution in [3.05, 3.63) is 83.9 Å². The first kappa shape index (κ1) is 24.6. The van der Waals surface area contributed by atoms with Crippen LogP contribution in [0.15, 0.2) is 82.8 Å². The Morgan fingerprint density at radius 1 is 0.824 bits per heavy atom. The molecule has 0 saturated carbocycles. The van der Waals surface area contributed by atoms with Crippen molar-refractivity contribution < 1.29 is 14.2 Å². The van der Waals surface area contributed by atoms with Crippen molar-refractivity contribution in [2.45, 2.75) is 26.4 Å². The second kappa shape index (κ2) is 11.8. The summed E-state index contributed by atoms with van der Waals surface area (Å²) in [4.78, 5) is 9.46. The van der Waals surface area contributed by atoms with Gasteiger partial charge in [-0.05, 0) is 0 Å². The molecule has 5 nitrogen and oxygen atoms in total. The number of aliphatic imine (C=N–C) groups is 2. The second-order valence-corrected chi connectivity index (χ2v) is 16.0. The molecule has 3 aromatic carbocycles. The summed E-state index contributed by atoms with van der Waals surface area (Å²) < 4.78 is 18.9. The molecule has 1 unspecified atom stereocenters. The molecule has 1 aliphatic heterocycles. The van der Waals surface area contributed by atoms with Crippen LogP contribution in [0.4, 0.5) is 11.4 Å². The monoisotopic (exact) mass is 540 g/mol. The van der Waals surface area contributed by atoms with Gasteiger partial charge >= 0.3 is 209 Å². The van der Waals surface area contributed by atoms with E-state index in [9.17, 15) is 0 Å². The van der Waals surface area contributed by atoms with Gasteiger partial charge in [-0.2, -0.15) is 0 Å². The summed E-state index contributed by atoms with van der Waals surface area (Å²) in [5.74, 6) is 1.57. The number of fused-ring (bicyclic) bond motifs is 3. The van der Waals surface area contributed by atoms with Gasteiger partial charge in [0, 0.05) is 0 Å². The van der Waals surface area contributed by atoms with Gasteiger partial charge in [-0.25, -0.2) is 0 Å². The molecule has 1 aliphatic rings. The van der Waals surface area contributed by atoms with Gasteiger partial charge < -0.3 is 0 Å². The molecule has 0 bridgehead atoms. The fourth-order valence-electron chi connectivity index (χ4n) is 3.27. The van der Waals surface area contributed by atoms with E-state index in [1.807, 2.05) is 85.2 Å². The first-order valence-electron chi connectivity index (χ1n) is 11.4. The molecule has 0 aromatic heterocycles. The molecule has 34 heavy (non-hydrogen) atoms. The third-order valence-corrected chi connectivity index (χ3v) is 9.29. The van der Waals surface area contributed by atoms with E-state index in [0.29, 0.717) is 19.0 Å². The molecule has 3 aromatic rings. The molecular formula is C27H29N2O3PSe. The van der Waals surface area contributed by atoms with E-state index >= 15 is 0 Å². The van der Waals surface area contributed by atoms with Crippen LogP contribution in [-0.2, 0) is 4.74 Å². The molecule has 0 N–H and O–H groups in total. The van der Waals surface area contributed by atoms with Crippen molar-refractivity contribution in [3.63, 3.8) is 0 Å². The first-order valence-corrected chi connectivity index (χ1v) is 15.9. The van der Waals surface area contributed by atoms with Crippen LogP contribution in [0.3, 0.4) is 0 Å². The summed E-state index contributed by atoms with van der Waals surface area (Å²) in [5.41, 5.74) is 1.53. The first-order chi connectivity index (χ1) is 16.6. The number of rotatable bonds is 4. The van der Waals surface area contributed by atoms with Gasteiger partial charge in [-0.3, -0.25) is 0 Å². The number of hydrogen-bond donors (Lipinski definition) is 0. The van der Waals surface area contributed by atoms with Gasteiger partial charge in [-0.15, -0.1) is 0 Å². The summed E-state index contributed by atoms with van der Waals surface area (Å²) in [5, 5.41) is 0. The van der Waals surface area contributed by atoms with Gasteiger partial charge in [0.05, 0.1) is 0 Å². The van der Waals surface area contributed by atoms with Crippen LogP contribution in [0.2, 0.25) is 0 Å². The second-order valence-electron chi connectivity index (χ2n) is 8.20. The molecule has 0 saturated heterocycles. The zero-order chi connectivity index (χ0) is 23.8. The fourth-order valence-corrected chi connectivity index (χ4v) is 5.81. The van der Waals surface area contributed by atoms with Crippen LogP contribution in [0.5, 0.6) is 11.5 Å². The summed E-state index contributed by atoms with van der Waals surface area (Å²) in [6.45, 7) is 4.22. The van der Waals surface area contributed by atoms with E-state index < -0.39 is 5.51 Å². The van der Waals surface area contributed by atoms with Gasteiger partial charge in [0.2, 0.25) is 0 Å². The van der Waals surface area contributed by atoms with Crippen molar-refractivity contribution in [1.29, 1.82) is 0 Å². The predicted octanol–water partition coefficient (Wildman–Crippen LogP) is 6.75. The fraction of sp³-hybridized carbons (Fsp3) is 0.259. The average molecular weight is 539 g/mol. The van der Waals surface area contributed by atoms with E-state index in [0.717, 1.165) is 40.4 Å². The maximum absolute atomic E-state index is 6.36. The molecule has 7 heteroatoms. The van der Waals surface area contributed by atoms with Crippen LogP contribution in [0, 0.1) is 0 Å². The van der Waals surface area contributed by atoms with E-state index in [-0.39, 0.29) is 6.10 Å². The Balaban J connectivity index is 1.74. The van der Waals surface area contributed by atoms with E-state index in [2.05, 4.69) is 28.9 Å². The third kappa shape index (κ3) is 6.55. The van der Waals surface area contributed by atoms with Gasteiger partial charge in [0.1, 0.15) is 0 Å². The van der Waals surface area contributed by atoms with E-state index in [4.69, 9.17) is 24.2 Å². The maximum atomic E-state index is 6.36. The zero-order valence-electron chi connectivity index (χ0n) is 19.5. The molecule has 1 atom stereocenters. The minimum atomic E-state index is -1.87. The average Bonchev–Trinajstić information content (AvgIpc) is 2.88.